The number of rotatable bonds is 6. The Balaban J connectivity index is 1.94. The highest BCUT2D eigenvalue weighted by Gasteiger charge is 2.12. The van der Waals surface area contributed by atoms with Gasteiger partial charge < -0.3 is 9.30 Å². The first kappa shape index (κ1) is 14.0. The molecule has 0 unspecified atom stereocenters. The van der Waals surface area contributed by atoms with Crippen molar-refractivity contribution < 1.29 is 4.74 Å². The van der Waals surface area contributed by atoms with E-state index >= 15 is 0 Å². The summed E-state index contributed by atoms with van der Waals surface area (Å²) in [4.78, 5) is 8.32. The van der Waals surface area contributed by atoms with Gasteiger partial charge >= 0.3 is 0 Å². The average molecular weight is 275 g/mol. The Morgan fingerprint density at radius 1 is 1.21 bits per heavy atom. The zero-order valence-corrected chi connectivity index (χ0v) is 12.8. The van der Waals surface area contributed by atoms with Gasteiger partial charge in [-0.3, -0.25) is 4.98 Å². The van der Waals surface area contributed by atoms with E-state index in [1.165, 1.54) is 6.04 Å². The lowest BCUT2D eigenvalue weighted by atomic mass is 10.2. The predicted molar refractivity (Wildman–Crippen MR) is 79.6 cm³/mol. The topological polar surface area (TPSA) is 39.9 Å². The summed E-state index contributed by atoms with van der Waals surface area (Å²) in [5.41, 5.74) is 2.11. The maximum atomic E-state index is 5.75. The second-order valence-electron chi connectivity index (χ2n) is 5.84. The van der Waals surface area contributed by atoms with Crippen molar-refractivity contribution in [2.45, 2.75) is 32.4 Å². The Bertz CT molecular complexity index is 505. The minimum Gasteiger partial charge on any atom is -0.361 e. The van der Waals surface area contributed by atoms with Crippen LogP contribution in [0.2, 0.25) is 25.7 Å². The lowest BCUT2D eigenvalue weighted by Crippen LogP contribution is -2.22. The predicted octanol–water partition coefficient (Wildman–Crippen LogP) is 3.26. The fraction of sp³-hybridized carbons (Fsp3) is 0.429. The molecule has 2 heterocycles. The van der Waals surface area contributed by atoms with Crippen LogP contribution in [0.15, 0.2) is 37.1 Å². The second-order valence-corrected chi connectivity index (χ2v) is 11.5. The minimum absolute atomic E-state index is 0.550. The second kappa shape index (κ2) is 6.12. The summed E-state index contributed by atoms with van der Waals surface area (Å²) >= 11 is 0. The highest BCUT2D eigenvalue weighted by Crippen LogP contribution is 2.17. The lowest BCUT2D eigenvalue weighted by molar-refractivity contribution is 0.0882. The molecule has 0 amide bonds. The monoisotopic (exact) mass is 275 g/mol. The zero-order valence-electron chi connectivity index (χ0n) is 11.8. The Hall–Kier alpha value is -1.46. The van der Waals surface area contributed by atoms with Crippen LogP contribution in [0.4, 0.5) is 0 Å². The highest BCUT2D eigenvalue weighted by atomic mass is 28.3. The Labute approximate surface area is 115 Å². The molecule has 4 nitrogen and oxygen atoms in total. The van der Waals surface area contributed by atoms with E-state index < -0.39 is 8.07 Å². The summed E-state index contributed by atoms with van der Waals surface area (Å²) < 4.78 is 7.77. The summed E-state index contributed by atoms with van der Waals surface area (Å²) in [6.07, 6.45) is 7.26. The molecular weight excluding hydrogens is 254 g/mol. The average Bonchev–Trinajstić information content (AvgIpc) is 2.83. The largest absolute Gasteiger partial charge is 0.361 e. The van der Waals surface area contributed by atoms with Gasteiger partial charge in [0.15, 0.2) is 0 Å². The number of imidazole rings is 1. The molecule has 0 aromatic carbocycles. The molecule has 2 aromatic rings. The van der Waals surface area contributed by atoms with Gasteiger partial charge in [-0.25, -0.2) is 4.98 Å². The van der Waals surface area contributed by atoms with Crippen molar-refractivity contribution >= 4 is 8.07 Å². The van der Waals surface area contributed by atoms with Crippen LogP contribution in [0.3, 0.4) is 0 Å². The van der Waals surface area contributed by atoms with Gasteiger partial charge in [0.05, 0.1) is 18.2 Å². The summed E-state index contributed by atoms with van der Waals surface area (Å²) in [5, 5.41) is 0. The van der Waals surface area contributed by atoms with Gasteiger partial charge in [0, 0.05) is 32.6 Å². The number of hydrogen-bond donors (Lipinski definition) is 0. The molecule has 0 bridgehead atoms. The van der Waals surface area contributed by atoms with E-state index in [1.54, 1.807) is 12.5 Å². The molecule has 0 spiro atoms. The first-order valence-electron chi connectivity index (χ1n) is 6.54. The van der Waals surface area contributed by atoms with E-state index in [-0.39, 0.29) is 0 Å². The van der Waals surface area contributed by atoms with Crippen molar-refractivity contribution in [1.29, 1.82) is 0 Å². The van der Waals surface area contributed by atoms with Crippen molar-refractivity contribution in [3.8, 4) is 11.3 Å². The molecule has 0 radical (unpaired) electrons. The summed E-state index contributed by atoms with van der Waals surface area (Å²) in [5.74, 6) is 0. The molecule has 19 heavy (non-hydrogen) atoms. The van der Waals surface area contributed by atoms with E-state index in [2.05, 4.69) is 29.6 Å². The molecule has 5 heteroatoms. The first-order chi connectivity index (χ1) is 9.06. The van der Waals surface area contributed by atoms with E-state index in [0.717, 1.165) is 17.9 Å². The van der Waals surface area contributed by atoms with Crippen LogP contribution in [-0.2, 0) is 11.5 Å². The number of hydrogen-bond acceptors (Lipinski definition) is 3. The van der Waals surface area contributed by atoms with Gasteiger partial charge in [-0.15, -0.1) is 0 Å². The minimum atomic E-state index is -1.02. The third-order valence-corrected chi connectivity index (χ3v) is 4.60. The Kier molecular flexibility index (Phi) is 4.50. The normalized spacial score (nSPS) is 11.7. The molecule has 0 aliphatic rings. The molecule has 0 saturated carbocycles. The molecule has 0 fully saturated rings. The van der Waals surface area contributed by atoms with Crippen LogP contribution >= 0.6 is 0 Å². The van der Waals surface area contributed by atoms with Crippen molar-refractivity contribution in [3.63, 3.8) is 0 Å². The number of pyridine rings is 1. The molecule has 0 aliphatic heterocycles. The number of nitrogens with zero attached hydrogens (tertiary/aromatic N) is 3. The molecule has 0 saturated heterocycles. The summed E-state index contributed by atoms with van der Waals surface area (Å²) in [7, 11) is -1.02. The van der Waals surface area contributed by atoms with E-state index in [9.17, 15) is 0 Å². The lowest BCUT2D eigenvalue weighted by Gasteiger charge is -2.16. The van der Waals surface area contributed by atoms with Crippen LogP contribution in [-0.4, -0.2) is 29.2 Å². The van der Waals surface area contributed by atoms with E-state index in [4.69, 9.17) is 4.74 Å². The molecule has 0 aliphatic carbocycles. The fourth-order valence-corrected chi connectivity index (χ4v) is 2.48. The Morgan fingerprint density at radius 3 is 2.74 bits per heavy atom. The van der Waals surface area contributed by atoms with Crippen molar-refractivity contribution in [1.82, 2.24) is 14.5 Å². The van der Waals surface area contributed by atoms with Crippen LogP contribution in [0, 0.1) is 0 Å². The number of ether oxygens (including phenoxy) is 1. The maximum absolute atomic E-state index is 5.75. The molecule has 2 aromatic heterocycles. The first-order valence-corrected chi connectivity index (χ1v) is 10.3. The standard InChI is InChI=1S/C14H21N3OSi/c1-19(2,3)8-7-18-12-17-11-16-10-14(17)13-5-4-6-15-9-13/h4-6,9-11H,7-8,12H2,1-3H3. The van der Waals surface area contributed by atoms with Crippen molar-refractivity contribution in [2.75, 3.05) is 6.61 Å². The quantitative estimate of drug-likeness (QED) is 0.600. The van der Waals surface area contributed by atoms with Gasteiger partial charge in [0.1, 0.15) is 6.73 Å². The zero-order chi connectivity index (χ0) is 13.7. The van der Waals surface area contributed by atoms with Crippen molar-refractivity contribution in [3.05, 3.63) is 37.1 Å². The molecule has 2 rings (SSSR count). The Morgan fingerprint density at radius 2 is 2.05 bits per heavy atom. The summed E-state index contributed by atoms with van der Waals surface area (Å²) in [6, 6.07) is 5.14. The smallest absolute Gasteiger partial charge is 0.124 e. The third-order valence-electron chi connectivity index (χ3n) is 2.90. The summed E-state index contributed by atoms with van der Waals surface area (Å²) in [6.45, 7) is 8.44. The molecule has 102 valence electrons. The van der Waals surface area contributed by atoms with Gasteiger partial charge in [-0.2, -0.15) is 0 Å². The molecular formula is C14H21N3OSi. The van der Waals surface area contributed by atoms with E-state index in [1.807, 2.05) is 29.1 Å². The van der Waals surface area contributed by atoms with Gasteiger partial charge in [0.25, 0.3) is 0 Å². The molecule has 0 atom stereocenters. The molecule has 0 N–H and O–H groups in total. The van der Waals surface area contributed by atoms with Gasteiger partial charge in [-0.05, 0) is 18.2 Å². The third kappa shape index (κ3) is 4.29. The van der Waals surface area contributed by atoms with Gasteiger partial charge in [-0.1, -0.05) is 19.6 Å². The van der Waals surface area contributed by atoms with Crippen LogP contribution in [0.5, 0.6) is 0 Å². The van der Waals surface area contributed by atoms with Crippen LogP contribution in [0.25, 0.3) is 11.3 Å². The maximum Gasteiger partial charge on any atom is 0.124 e. The SMILES string of the molecule is C[Si](C)(C)CCOCn1cncc1-c1cccnc1. The van der Waals surface area contributed by atoms with Gasteiger partial charge in [0.2, 0.25) is 0 Å². The van der Waals surface area contributed by atoms with Crippen molar-refractivity contribution in [2.24, 2.45) is 0 Å². The van der Waals surface area contributed by atoms with E-state index in [0.29, 0.717) is 6.73 Å². The van der Waals surface area contributed by atoms with Crippen LogP contribution in [0.1, 0.15) is 0 Å². The fourth-order valence-electron chi connectivity index (χ4n) is 1.72. The number of aromatic nitrogens is 3. The highest BCUT2D eigenvalue weighted by molar-refractivity contribution is 6.76. The van der Waals surface area contributed by atoms with Crippen LogP contribution < -0.4 is 0 Å².